The molecule has 28 heavy (non-hydrogen) atoms. The number of nitrogens with zero attached hydrogens (tertiary/aromatic N) is 2. The second-order valence-corrected chi connectivity index (χ2v) is 8.17. The lowest BCUT2D eigenvalue weighted by Crippen LogP contribution is -2.25. The molecule has 1 aromatic heterocycles. The van der Waals surface area contributed by atoms with Gasteiger partial charge in [0.25, 0.3) is 0 Å². The number of anilines is 1. The predicted octanol–water partition coefficient (Wildman–Crippen LogP) is 2.55. The van der Waals surface area contributed by atoms with Crippen LogP contribution in [0.5, 0.6) is 0 Å². The fourth-order valence-electron chi connectivity index (χ4n) is 2.88. The predicted molar refractivity (Wildman–Crippen MR) is 111 cm³/mol. The van der Waals surface area contributed by atoms with E-state index >= 15 is 0 Å². The largest absolute Gasteiger partial charge is 0.351 e. The number of carbonyl (C=O) groups is 1. The Balaban J connectivity index is 1.53. The number of aromatic nitrogens is 2. The van der Waals surface area contributed by atoms with Gasteiger partial charge in [-0.15, -0.1) is 0 Å². The highest BCUT2D eigenvalue weighted by molar-refractivity contribution is 7.92. The van der Waals surface area contributed by atoms with Gasteiger partial charge in [-0.1, -0.05) is 24.3 Å². The zero-order valence-corrected chi connectivity index (χ0v) is 16.5. The highest BCUT2D eigenvalue weighted by atomic mass is 32.2. The smallest absolute Gasteiger partial charge is 0.244 e. The Morgan fingerprint density at radius 1 is 1.14 bits per heavy atom. The maximum atomic E-state index is 12.0. The third-order valence-corrected chi connectivity index (χ3v) is 4.73. The van der Waals surface area contributed by atoms with E-state index in [4.69, 9.17) is 0 Å². The molecule has 7 nitrogen and oxygen atoms in total. The number of para-hydroxylation sites is 2. The van der Waals surface area contributed by atoms with E-state index in [-0.39, 0.29) is 5.91 Å². The van der Waals surface area contributed by atoms with Crippen LogP contribution in [0.2, 0.25) is 0 Å². The lowest BCUT2D eigenvalue weighted by atomic mass is 10.2. The van der Waals surface area contributed by atoms with Gasteiger partial charge in [-0.25, -0.2) is 13.4 Å². The van der Waals surface area contributed by atoms with E-state index < -0.39 is 10.0 Å². The van der Waals surface area contributed by atoms with Crippen LogP contribution in [-0.4, -0.2) is 36.7 Å². The fraction of sp³-hybridized carbons (Fsp3) is 0.200. The van der Waals surface area contributed by atoms with Crippen LogP contribution in [0.15, 0.2) is 54.6 Å². The third-order valence-electron chi connectivity index (χ3n) is 4.12. The topological polar surface area (TPSA) is 93.1 Å². The molecule has 1 amide bonds. The molecule has 0 bridgehead atoms. The summed E-state index contributed by atoms with van der Waals surface area (Å²) in [5.74, 6) is 0.717. The molecule has 0 saturated heterocycles. The Kier molecular flexibility index (Phi) is 5.79. The number of fused-ring (bicyclic) bond motifs is 1. The minimum Gasteiger partial charge on any atom is -0.351 e. The Bertz CT molecular complexity index is 1120. The molecule has 1 heterocycles. The molecule has 0 spiro atoms. The molecule has 0 atom stereocenters. The molecule has 0 aliphatic heterocycles. The zero-order chi connectivity index (χ0) is 20.1. The summed E-state index contributed by atoms with van der Waals surface area (Å²) >= 11 is 0. The average molecular weight is 398 g/mol. The van der Waals surface area contributed by atoms with Gasteiger partial charge in [0.05, 0.1) is 17.3 Å². The number of hydrogen-bond acceptors (Lipinski definition) is 4. The summed E-state index contributed by atoms with van der Waals surface area (Å²) < 4.78 is 26.9. The monoisotopic (exact) mass is 398 g/mol. The number of amides is 1. The van der Waals surface area contributed by atoms with Gasteiger partial charge in [0, 0.05) is 24.9 Å². The third kappa shape index (κ3) is 5.20. The highest BCUT2D eigenvalue weighted by Gasteiger charge is 2.06. The summed E-state index contributed by atoms with van der Waals surface area (Å²) in [6, 6.07) is 14.7. The van der Waals surface area contributed by atoms with Crippen LogP contribution in [-0.2, 0) is 21.4 Å². The molecule has 0 radical (unpaired) electrons. The molecule has 8 heteroatoms. The van der Waals surface area contributed by atoms with Crippen LogP contribution < -0.4 is 10.0 Å². The Morgan fingerprint density at radius 3 is 2.57 bits per heavy atom. The minimum absolute atomic E-state index is 0.194. The number of imidazole rings is 1. The average Bonchev–Trinajstić information content (AvgIpc) is 2.95. The second kappa shape index (κ2) is 8.26. The molecule has 3 aromatic rings. The molecule has 0 fully saturated rings. The van der Waals surface area contributed by atoms with Crippen LogP contribution in [0.3, 0.4) is 0 Å². The molecule has 0 unspecified atom stereocenters. The van der Waals surface area contributed by atoms with E-state index in [0.717, 1.165) is 28.7 Å². The van der Waals surface area contributed by atoms with Crippen molar-refractivity contribution >= 4 is 38.7 Å². The molecular formula is C20H22N4O3S. The Morgan fingerprint density at radius 2 is 1.86 bits per heavy atom. The summed E-state index contributed by atoms with van der Waals surface area (Å²) in [5, 5.41) is 2.86. The van der Waals surface area contributed by atoms with E-state index in [1.807, 2.05) is 31.2 Å². The number of aryl methyl sites for hydroxylation is 1. The molecule has 2 aromatic carbocycles. The first-order valence-electron chi connectivity index (χ1n) is 8.77. The van der Waals surface area contributed by atoms with Gasteiger partial charge in [0.15, 0.2) is 0 Å². The van der Waals surface area contributed by atoms with E-state index in [1.165, 1.54) is 6.08 Å². The molecule has 0 aliphatic carbocycles. The number of rotatable bonds is 7. The standard InChI is InChI=1S/C20H22N4O3S/c1-15-22-18-5-3-4-6-19(18)24(15)14-13-21-20(25)12-9-16-7-10-17(11-8-16)23-28(2,26)27/h3-12,23H,13-14H2,1-2H3,(H,21,25)/b12-9+. The fourth-order valence-corrected chi connectivity index (χ4v) is 3.44. The Hall–Kier alpha value is -3.13. The van der Waals surface area contributed by atoms with Gasteiger partial charge in [-0.2, -0.15) is 0 Å². The quantitative estimate of drug-likeness (QED) is 0.598. The maximum Gasteiger partial charge on any atom is 0.244 e. The molecule has 0 aliphatic rings. The SMILES string of the molecule is Cc1nc2ccccc2n1CCNC(=O)/C=C/c1ccc(NS(C)(=O)=O)cc1. The van der Waals surface area contributed by atoms with Crippen molar-refractivity contribution in [2.75, 3.05) is 17.5 Å². The molecule has 0 saturated carbocycles. The minimum atomic E-state index is -3.30. The number of hydrogen-bond donors (Lipinski definition) is 2. The van der Waals surface area contributed by atoms with E-state index in [2.05, 4.69) is 19.6 Å². The van der Waals surface area contributed by atoms with Crippen molar-refractivity contribution in [1.29, 1.82) is 0 Å². The maximum absolute atomic E-state index is 12.0. The van der Waals surface area contributed by atoms with Crippen molar-refractivity contribution < 1.29 is 13.2 Å². The molecule has 3 rings (SSSR count). The summed E-state index contributed by atoms with van der Waals surface area (Å²) in [6.07, 6.45) is 4.23. The second-order valence-electron chi connectivity index (χ2n) is 6.42. The lowest BCUT2D eigenvalue weighted by molar-refractivity contribution is -0.116. The van der Waals surface area contributed by atoms with Gasteiger partial charge in [-0.3, -0.25) is 9.52 Å². The first kappa shape index (κ1) is 19.6. The van der Waals surface area contributed by atoms with E-state index in [9.17, 15) is 13.2 Å². The first-order valence-corrected chi connectivity index (χ1v) is 10.7. The number of carbonyl (C=O) groups excluding carboxylic acids is 1. The van der Waals surface area contributed by atoms with Crippen molar-refractivity contribution in [3.8, 4) is 0 Å². The number of benzene rings is 2. The number of nitrogens with one attached hydrogen (secondary N) is 2. The zero-order valence-electron chi connectivity index (χ0n) is 15.7. The van der Waals surface area contributed by atoms with E-state index in [0.29, 0.717) is 18.8 Å². The van der Waals surface area contributed by atoms with Gasteiger partial charge in [0.2, 0.25) is 15.9 Å². The van der Waals surface area contributed by atoms with Gasteiger partial charge >= 0.3 is 0 Å². The normalized spacial score (nSPS) is 11.8. The van der Waals surface area contributed by atoms with Crippen molar-refractivity contribution in [3.63, 3.8) is 0 Å². The first-order chi connectivity index (χ1) is 13.3. The summed E-state index contributed by atoms with van der Waals surface area (Å²) in [6.45, 7) is 3.07. The van der Waals surface area contributed by atoms with Crippen LogP contribution >= 0.6 is 0 Å². The molecule has 2 N–H and O–H groups in total. The van der Waals surface area contributed by atoms with Crippen LogP contribution in [0.4, 0.5) is 5.69 Å². The van der Waals surface area contributed by atoms with Crippen LogP contribution in [0, 0.1) is 6.92 Å². The van der Waals surface area contributed by atoms with Gasteiger partial charge in [-0.05, 0) is 42.8 Å². The molecule has 146 valence electrons. The van der Waals surface area contributed by atoms with Crippen LogP contribution in [0.1, 0.15) is 11.4 Å². The highest BCUT2D eigenvalue weighted by Crippen LogP contribution is 2.15. The summed E-state index contributed by atoms with van der Waals surface area (Å²) in [7, 11) is -3.30. The van der Waals surface area contributed by atoms with Crippen molar-refractivity contribution in [2.24, 2.45) is 0 Å². The summed E-state index contributed by atoms with van der Waals surface area (Å²) in [5.41, 5.74) is 3.27. The van der Waals surface area contributed by atoms with E-state index in [1.54, 1.807) is 30.3 Å². The van der Waals surface area contributed by atoms with Crippen molar-refractivity contribution in [2.45, 2.75) is 13.5 Å². The van der Waals surface area contributed by atoms with Crippen molar-refractivity contribution in [1.82, 2.24) is 14.9 Å². The van der Waals surface area contributed by atoms with Gasteiger partial charge in [0.1, 0.15) is 5.82 Å². The Labute approximate surface area is 164 Å². The van der Waals surface area contributed by atoms with Crippen LogP contribution in [0.25, 0.3) is 17.1 Å². The lowest BCUT2D eigenvalue weighted by Gasteiger charge is -2.07. The molecular weight excluding hydrogens is 376 g/mol. The number of sulfonamides is 1. The van der Waals surface area contributed by atoms with Crippen molar-refractivity contribution in [3.05, 3.63) is 66.0 Å². The van der Waals surface area contributed by atoms with Gasteiger partial charge < -0.3 is 9.88 Å². The summed E-state index contributed by atoms with van der Waals surface area (Å²) in [4.78, 5) is 16.5.